The molecule has 0 aliphatic carbocycles. The molecule has 1 unspecified atom stereocenters. The Morgan fingerprint density at radius 3 is 1.98 bits per heavy atom. The van der Waals surface area contributed by atoms with Gasteiger partial charge in [0.25, 0.3) is 0 Å². The zero-order valence-corrected chi connectivity index (χ0v) is 37.3. The average Bonchev–Trinajstić information content (AvgIpc) is 3.89. The number of nitrogens with one attached hydrogen (secondary N) is 1. The molecule has 10 rings (SSSR count). The third-order valence-electron chi connectivity index (χ3n) is 11.2. The largest absolute Gasteiger partial charge is 0.509 e. The SMILES string of the molecule is [2H]c1c([2H])c([2H])c(-c2cc(C(C)(C)C)cc(-c3c([2H])c([2H])c([2H])c([2H])c3[2H])c2[NH+]2[CH-]N(c3[c-]c(Oc4[c-]c5c(cc4)c4ccccc4n5-c4cc(C(C)(C)C)ccn4)ccc3)c3ccccc32)c([2H])c1[2H].[Pt]. The van der Waals surface area contributed by atoms with Crippen molar-refractivity contribution in [1.82, 2.24) is 9.55 Å². The Morgan fingerprint density at radius 2 is 1.29 bits per heavy atom. The van der Waals surface area contributed by atoms with Gasteiger partial charge < -0.3 is 19.1 Å². The summed E-state index contributed by atoms with van der Waals surface area (Å²) in [5.41, 5.74) is 5.43. The first kappa shape index (κ1) is 30.7. The number of aromatic nitrogens is 2. The van der Waals surface area contributed by atoms with Crippen LogP contribution in [-0.2, 0) is 31.9 Å². The molecule has 1 aliphatic rings. The fraction of sp³-hybridized carbons (Fsp3) is 0.143. The van der Waals surface area contributed by atoms with E-state index in [2.05, 4.69) is 55.7 Å². The second-order valence-corrected chi connectivity index (χ2v) is 17.2. The summed E-state index contributed by atoms with van der Waals surface area (Å²) in [7, 11) is 0. The van der Waals surface area contributed by atoms with E-state index in [1.54, 1.807) is 18.2 Å². The zero-order valence-electron chi connectivity index (χ0n) is 45.0. The molecule has 3 heterocycles. The number of nitrogens with zero attached hydrogens (tertiary/aromatic N) is 3. The van der Waals surface area contributed by atoms with E-state index in [1.165, 1.54) is 0 Å². The van der Waals surface area contributed by atoms with Gasteiger partial charge in [-0.2, -0.15) is 12.1 Å². The van der Waals surface area contributed by atoms with E-state index >= 15 is 0 Å². The predicted octanol–water partition coefficient (Wildman–Crippen LogP) is 13.6. The molecule has 9 aromatic rings. The summed E-state index contributed by atoms with van der Waals surface area (Å²) in [4.78, 5) is 7.23. The molecular weight excluding hydrogens is 940 g/mol. The van der Waals surface area contributed by atoms with Crippen LogP contribution in [0, 0.1) is 18.8 Å². The van der Waals surface area contributed by atoms with Crippen LogP contribution >= 0.6 is 0 Å². The van der Waals surface area contributed by atoms with Crippen LogP contribution < -0.4 is 14.5 Å². The summed E-state index contributed by atoms with van der Waals surface area (Å²) in [6, 6.07) is 34.9. The Bertz CT molecular complexity index is 3530. The topological polar surface area (TPSA) is 34.7 Å². The summed E-state index contributed by atoms with van der Waals surface area (Å²) in [5.74, 6) is 1.60. The molecular formula is C56H48N4OPt-2. The summed E-state index contributed by atoms with van der Waals surface area (Å²) in [6.45, 7) is 14.2. The second kappa shape index (κ2) is 16.2. The third-order valence-corrected chi connectivity index (χ3v) is 11.2. The fourth-order valence-electron chi connectivity index (χ4n) is 8.04. The molecule has 0 saturated carbocycles. The van der Waals surface area contributed by atoms with Gasteiger partial charge in [0.05, 0.1) is 19.4 Å². The van der Waals surface area contributed by atoms with Gasteiger partial charge in [0.2, 0.25) is 0 Å². The molecule has 0 amide bonds. The van der Waals surface area contributed by atoms with Gasteiger partial charge in [0.15, 0.2) is 0 Å². The summed E-state index contributed by atoms with van der Waals surface area (Å²) >= 11 is 0. The number of rotatable bonds is 7. The van der Waals surface area contributed by atoms with Gasteiger partial charge in [0.1, 0.15) is 17.2 Å². The van der Waals surface area contributed by atoms with Gasteiger partial charge in [0, 0.05) is 55.4 Å². The minimum atomic E-state index is -0.612. The Morgan fingerprint density at radius 1 is 0.645 bits per heavy atom. The van der Waals surface area contributed by atoms with Gasteiger partial charge in [-0.15, -0.1) is 35.7 Å². The molecule has 0 bridgehead atoms. The average molecular weight is 998 g/mol. The van der Waals surface area contributed by atoms with Crippen LogP contribution in [0.5, 0.6) is 11.5 Å². The normalized spacial score (nSPS) is 16.2. The minimum Gasteiger partial charge on any atom is -0.509 e. The minimum absolute atomic E-state index is 0. The summed E-state index contributed by atoms with van der Waals surface area (Å²) in [5, 5.41) is 2.04. The van der Waals surface area contributed by atoms with Crippen molar-refractivity contribution in [3.63, 3.8) is 0 Å². The Hall–Kier alpha value is -6.26. The van der Waals surface area contributed by atoms with E-state index in [0.29, 0.717) is 44.7 Å². The smallest absolute Gasteiger partial charge is 0.135 e. The van der Waals surface area contributed by atoms with E-state index in [-0.39, 0.29) is 48.7 Å². The molecule has 1 aliphatic heterocycles. The Labute approximate surface area is 393 Å². The molecule has 6 heteroatoms. The Balaban J connectivity index is 0.00000640. The van der Waals surface area contributed by atoms with Crippen molar-refractivity contribution in [2.24, 2.45) is 0 Å². The molecule has 5 nitrogen and oxygen atoms in total. The number of hydrogen-bond acceptors (Lipinski definition) is 3. The number of anilines is 2. The molecule has 62 heavy (non-hydrogen) atoms. The van der Waals surface area contributed by atoms with E-state index in [0.717, 1.165) is 33.2 Å². The van der Waals surface area contributed by atoms with Crippen molar-refractivity contribution in [3.8, 4) is 39.6 Å². The van der Waals surface area contributed by atoms with Gasteiger partial charge in [-0.05, 0) is 87.6 Å². The summed E-state index contributed by atoms with van der Waals surface area (Å²) < 4.78 is 97.4. The number of para-hydroxylation sites is 3. The van der Waals surface area contributed by atoms with E-state index in [9.17, 15) is 5.48 Å². The van der Waals surface area contributed by atoms with Gasteiger partial charge in [-0.3, -0.25) is 0 Å². The van der Waals surface area contributed by atoms with Crippen molar-refractivity contribution >= 4 is 44.6 Å². The monoisotopic (exact) mass is 997 g/mol. The van der Waals surface area contributed by atoms with E-state index in [4.69, 9.17) is 17.9 Å². The van der Waals surface area contributed by atoms with Gasteiger partial charge in [-0.25, -0.2) is 4.98 Å². The molecule has 1 N–H and O–H groups in total. The maximum absolute atomic E-state index is 9.23. The van der Waals surface area contributed by atoms with E-state index in [1.807, 2.05) is 105 Å². The van der Waals surface area contributed by atoms with Crippen molar-refractivity contribution in [3.05, 3.63) is 200 Å². The first-order valence-electron chi connectivity index (χ1n) is 25.2. The van der Waals surface area contributed by atoms with E-state index < -0.39 is 65.8 Å². The van der Waals surface area contributed by atoms with Crippen LogP contribution in [0.25, 0.3) is 49.9 Å². The number of quaternary nitrogens is 1. The fourth-order valence-corrected chi connectivity index (χ4v) is 8.04. The van der Waals surface area contributed by atoms with Crippen LogP contribution in [0.15, 0.2) is 170 Å². The Kier molecular flexibility index (Phi) is 8.03. The van der Waals surface area contributed by atoms with Crippen LogP contribution in [0.2, 0.25) is 0 Å². The van der Waals surface area contributed by atoms with Crippen molar-refractivity contribution in [2.75, 3.05) is 4.90 Å². The summed E-state index contributed by atoms with van der Waals surface area (Å²) in [6.07, 6.45) is 1.83. The number of benzene rings is 7. The number of ether oxygens (including phenoxy) is 1. The molecule has 0 radical (unpaired) electrons. The molecule has 1 atom stereocenters. The third kappa shape index (κ3) is 7.55. The van der Waals surface area contributed by atoms with Crippen LogP contribution in [-0.4, -0.2) is 9.55 Å². The first-order valence-corrected chi connectivity index (χ1v) is 20.2. The van der Waals surface area contributed by atoms with Crippen LogP contribution in [0.4, 0.5) is 22.7 Å². The predicted molar refractivity (Wildman–Crippen MR) is 251 cm³/mol. The molecule has 7 aromatic carbocycles. The number of pyridine rings is 1. The quantitative estimate of drug-likeness (QED) is 0.162. The van der Waals surface area contributed by atoms with Crippen molar-refractivity contribution in [2.45, 2.75) is 52.4 Å². The number of fused-ring (bicyclic) bond motifs is 4. The van der Waals surface area contributed by atoms with Crippen molar-refractivity contribution in [1.29, 1.82) is 0 Å². The zero-order chi connectivity index (χ0) is 50.6. The maximum atomic E-state index is 9.23. The molecule has 0 fully saturated rings. The van der Waals surface area contributed by atoms with Gasteiger partial charge >= 0.3 is 0 Å². The molecule has 2 aromatic heterocycles. The van der Waals surface area contributed by atoms with Gasteiger partial charge in [-0.1, -0.05) is 144 Å². The number of hydrogen-bond donors (Lipinski definition) is 1. The first-order chi connectivity index (χ1) is 33.6. The van der Waals surface area contributed by atoms with Crippen LogP contribution in [0.3, 0.4) is 0 Å². The standard InChI is InChI=1S/C56H48N4O.Pt/c1-55(2,3)40-30-31-57-53(34-40)60-49-25-14-13-24-45(49)46-29-28-44(36-52(46)60)61-43-23-17-22-42(35-43)58-37-59(51-27-16-15-26-50(51)58)54-47(38-18-9-7-10-19-38)32-41(56(4,5)6)33-48(54)39-20-11-8-12-21-39;/h7-34,37,59H,1-6H3;/q-2;/i7D,8D,9D,10D,11D,12D,18D,19D,20D,21D;. The molecule has 310 valence electrons. The maximum Gasteiger partial charge on any atom is 0.135 e. The second-order valence-electron chi connectivity index (χ2n) is 17.2. The molecule has 0 spiro atoms. The van der Waals surface area contributed by atoms with Crippen LogP contribution in [0.1, 0.15) is 66.4 Å². The van der Waals surface area contributed by atoms with Crippen molar-refractivity contribution < 1.29 is 44.4 Å². The molecule has 0 saturated heterocycles.